The van der Waals surface area contributed by atoms with Gasteiger partial charge in [-0.25, -0.2) is 9.40 Å². The van der Waals surface area contributed by atoms with Crippen LogP contribution >= 0.6 is 0 Å². The molecule has 0 radical (unpaired) electrons. The van der Waals surface area contributed by atoms with Gasteiger partial charge in [-0.3, -0.25) is 9.80 Å². The summed E-state index contributed by atoms with van der Waals surface area (Å²) in [6.07, 6.45) is 0.319. The van der Waals surface area contributed by atoms with Crippen molar-refractivity contribution in [3.63, 3.8) is 0 Å². The number of hydrogen-bond acceptors (Lipinski definition) is 3. The Morgan fingerprint density at radius 1 is 1.53 bits per heavy atom. The molecule has 2 rings (SSSR count). The molecule has 1 aliphatic heterocycles. The SMILES string of the molecule is CN1C(c2cccc(F)c2)CC(=O)N1CCO. The molecular weight excluding hydrogens is 223 g/mol. The summed E-state index contributed by atoms with van der Waals surface area (Å²) in [6, 6.07) is 6.12. The molecule has 1 aromatic carbocycles. The van der Waals surface area contributed by atoms with Crippen LogP contribution in [0.25, 0.3) is 0 Å². The molecule has 1 unspecified atom stereocenters. The van der Waals surface area contributed by atoms with E-state index in [2.05, 4.69) is 0 Å². The fraction of sp³-hybridized carbons (Fsp3) is 0.417. The summed E-state index contributed by atoms with van der Waals surface area (Å²) in [5.74, 6) is -0.347. The standard InChI is InChI=1S/C12H15FN2O2/c1-14-11(8-12(17)15(14)5-6-16)9-3-2-4-10(13)7-9/h2-4,7,11,16H,5-6,8H2,1H3. The van der Waals surface area contributed by atoms with Gasteiger partial charge in [0.2, 0.25) is 5.91 Å². The van der Waals surface area contributed by atoms with Gasteiger partial charge in [-0.15, -0.1) is 0 Å². The number of carbonyl (C=O) groups is 1. The highest BCUT2D eigenvalue weighted by Gasteiger charge is 2.35. The van der Waals surface area contributed by atoms with Gasteiger partial charge in [-0.1, -0.05) is 12.1 Å². The smallest absolute Gasteiger partial charge is 0.238 e. The summed E-state index contributed by atoms with van der Waals surface area (Å²) in [5.41, 5.74) is 0.779. The molecule has 92 valence electrons. The highest BCUT2D eigenvalue weighted by molar-refractivity contribution is 5.78. The monoisotopic (exact) mass is 238 g/mol. The first kappa shape index (κ1) is 12.0. The van der Waals surface area contributed by atoms with E-state index < -0.39 is 0 Å². The largest absolute Gasteiger partial charge is 0.394 e. The fourth-order valence-corrected chi connectivity index (χ4v) is 2.17. The zero-order chi connectivity index (χ0) is 12.4. The lowest BCUT2D eigenvalue weighted by atomic mass is 10.0. The molecule has 17 heavy (non-hydrogen) atoms. The number of hydrogen-bond donors (Lipinski definition) is 1. The molecule has 0 aliphatic carbocycles. The lowest BCUT2D eigenvalue weighted by molar-refractivity contribution is -0.138. The number of aliphatic hydroxyl groups is 1. The van der Waals surface area contributed by atoms with Gasteiger partial charge in [0.05, 0.1) is 19.2 Å². The molecule has 0 spiro atoms. The van der Waals surface area contributed by atoms with Crippen LogP contribution in [0.3, 0.4) is 0 Å². The maximum Gasteiger partial charge on any atom is 0.238 e. The van der Waals surface area contributed by atoms with Gasteiger partial charge in [0.25, 0.3) is 0 Å². The van der Waals surface area contributed by atoms with Crippen LogP contribution in [0, 0.1) is 5.82 Å². The second-order valence-corrected chi connectivity index (χ2v) is 4.09. The summed E-state index contributed by atoms with van der Waals surface area (Å²) >= 11 is 0. The second kappa shape index (κ2) is 4.81. The maximum absolute atomic E-state index is 13.1. The number of nitrogens with zero attached hydrogens (tertiary/aromatic N) is 2. The Kier molecular flexibility index (Phi) is 3.40. The summed E-state index contributed by atoms with van der Waals surface area (Å²) < 4.78 is 13.1. The van der Waals surface area contributed by atoms with Crippen molar-refractivity contribution in [2.75, 3.05) is 20.2 Å². The molecule has 1 aromatic rings. The molecular formula is C12H15FN2O2. The predicted octanol–water partition coefficient (Wildman–Crippen LogP) is 0.938. The van der Waals surface area contributed by atoms with Crippen LogP contribution in [0.15, 0.2) is 24.3 Å². The molecule has 5 heteroatoms. The van der Waals surface area contributed by atoms with Gasteiger partial charge in [0.15, 0.2) is 0 Å². The van der Waals surface area contributed by atoms with Gasteiger partial charge < -0.3 is 5.11 Å². The van der Waals surface area contributed by atoms with Gasteiger partial charge in [-0.2, -0.15) is 0 Å². The second-order valence-electron chi connectivity index (χ2n) is 4.09. The van der Waals surface area contributed by atoms with Crippen molar-refractivity contribution >= 4 is 5.91 Å². The van der Waals surface area contributed by atoms with Gasteiger partial charge in [0, 0.05) is 13.5 Å². The van der Waals surface area contributed by atoms with E-state index in [1.807, 2.05) is 0 Å². The van der Waals surface area contributed by atoms with Crippen molar-refractivity contribution in [1.29, 1.82) is 0 Å². The molecule has 1 aliphatic rings. The first-order chi connectivity index (χ1) is 8.13. The van der Waals surface area contributed by atoms with Crippen molar-refractivity contribution in [3.05, 3.63) is 35.6 Å². The van der Waals surface area contributed by atoms with Crippen LogP contribution in [0.5, 0.6) is 0 Å². The molecule has 1 amide bonds. The topological polar surface area (TPSA) is 43.8 Å². The van der Waals surface area contributed by atoms with Crippen molar-refractivity contribution in [2.45, 2.75) is 12.5 Å². The Morgan fingerprint density at radius 2 is 2.29 bits per heavy atom. The van der Waals surface area contributed by atoms with Crippen LogP contribution in [0.1, 0.15) is 18.0 Å². The van der Waals surface area contributed by atoms with Crippen LogP contribution < -0.4 is 0 Å². The fourth-order valence-electron chi connectivity index (χ4n) is 2.17. The van der Waals surface area contributed by atoms with Crippen LogP contribution in [-0.2, 0) is 4.79 Å². The number of benzene rings is 1. The van der Waals surface area contributed by atoms with E-state index in [9.17, 15) is 9.18 Å². The summed E-state index contributed by atoms with van der Waals surface area (Å²) in [5, 5.41) is 12.1. The Hall–Kier alpha value is -1.46. The number of hydrazine groups is 1. The number of amides is 1. The summed E-state index contributed by atoms with van der Waals surface area (Å²) in [6.45, 7) is 0.201. The van der Waals surface area contributed by atoms with E-state index in [4.69, 9.17) is 5.11 Å². The molecule has 1 N–H and O–H groups in total. The predicted molar refractivity (Wildman–Crippen MR) is 60.3 cm³/mol. The average Bonchev–Trinajstić information content (AvgIpc) is 2.57. The third kappa shape index (κ3) is 2.30. The van der Waals surface area contributed by atoms with Gasteiger partial charge in [0.1, 0.15) is 5.82 Å². The van der Waals surface area contributed by atoms with Gasteiger partial charge in [-0.05, 0) is 17.7 Å². The molecule has 1 saturated heterocycles. The highest BCUT2D eigenvalue weighted by Crippen LogP contribution is 2.31. The zero-order valence-corrected chi connectivity index (χ0v) is 9.64. The lowest BCUT2D eigenvalue weighted by Crippen LogP contribution is -2.38. The van der Waals surface area contributed by atoms with E-state index in [0.29, 0.717) is 6.42 Å². The van der Waals surface area contributed by atoms with Crippen molar-refractivity contribution in [2.24, 2.45) is 0 Å². The van der Waals surface area contributed by atoms with Crippen molar-refractivity contribution < 1.29 is 14.3 Å². The Bertz CT molecular complexity index is 425. The number of β-amino-alcohol motifs (C(OH)–C–C–N with tert-alkyl or cyclic N) is 1. The van der Waals surface area contributed by atoms with Crippen LogP contribution in [0.4, 0.5) is 4.39 Å². The normalized spacial score (nSPS) is 21.2. The van der Waals surface area contributed by atoms with Crippen molar-refractivity contribution in [1.82, 2.24) is 10.0 Å². The number of rotatable bonds is 3. The summed E-state index contributed by atoms with van der Waals surface area (Å²) in [4.78, 5) is 11.7. The van der Waals surface area contributed by atoms with E-state index in [1.165, 1.54) is 17.1 Å². The molecule has 0 saturated carbocycles. The van der Waals surface area contributed by atoms with E-state index >= 15 is 0 Å². The third-order valence-corrected chi connectivity index (χ3v) is 3.03. The van der Waals surface area contributed by atoms with Gasteiger partial charge >= 0.3 is 0 Å². The zero-order valence-electron chi connectivity index (χ0n) is 9.64. The van der Waals surface area contributed by atoms with Crippen LogP contribution in [-0.4, -0.2) is 41.2 Å². The minimum Gasteiger partial charge on any atom is -0.394 e. The molecule has 1 atom stereocenters. The third-order valence-electron chi connectivity index (χ3n) is 3.03. The molecule has 4 nitrogen and oxygen atoms in total. The number of halogens is 1. The van der Waals surface area contributed by atoms with E-state index in [-0.39, 0.29) is 30.9 Å². The Morgan fingerprint density at radius 3 is 2.94 bits per heavy atom. The van der Waals surface area contributed by atoms with E-state index in [1.54, 1.807) is 24.2 Å². The lowest BCUT2D eigenvalue weighted by Gasteiger charge is -2.27. The number of aliphatic hydroxyl groups excluding tert-OH is 1. The van der Waals surface area contributed by atoms with Crippen LogP contribution in [0.2, 0.25) is 0 Å². The first-order valence-corrected chi connectivity index (χ1v) is 5.53. The Balaban J connectivity index is 2.21. The first-order valence-electron chi connectivity index (χ1n) is 5.53. The summed E-state index contributed by atoms with van der Waals surface area (Å²) in [7, 11) is 1.77. The Labute approximate surface area is 99.2 Å². The highest BCUT2D eigenvalue weighted by atomic mass is 19.1. The molecule has 1 heterocycles. The quantitative estimate of drug-likeness (QED) is 0.852. The molecule has 0 bridgehead atoms. The molecule has 0 aromatic heterocycles. The maximum atomic E-state index is 13.1. The average molecular weight is 238 g/mol. The van der Waals surface area contributed by atoms with Crippen molar-refractivity contribution in [3.8, 4) is 0 Å². The minimum absolute atomic E-state index is 0.0455. The minimum atomic E-state index is -0.302. The van der Waals surface area contributed by atoms with E-state index in [0.717, 1.165) is 5.56 Å². The number of carbonyl (C=O) groups excluding carboxylic acids is 1. The molecule has 1 fully saturated rings.